The molecule has 136 valence electrons. The molecule has 1 aromatic heterocycles. The van der Waals surface area contributed by atoms with E-state index >= 15 is 0 Å². The highest BCUT2D eigenvalue weighted by Gasteiger charge is 2.22. The van der Waals surface area contributed by atoms with E-state index in [1.807, 2.05) is 0 Å². The van der Waals surface area contributed by atoms with Crippen LogP contribution in [0.15, 0.2) is 34.2 Å². The molecular formula is C19H20N3O3S-. The molecule has 1 aliphatic carbocycles. The number of aromatic amines is 1. The van der Waals surface area contributed by atoms with Crippen molar-refractivity contribution < 1.29 is 13.5 Å². The van der Waals surface area contributed by atoms with E-state index in [1.165, 1.54) is 50.3 Å². The lowest BCUT2D eigenvalue weighted by molar-refractivity contribution is -0.209. The SMILES string of the molecule is CN(C)S(=O)(=O)c1ccc2c(c1)/C(=C\c1cc3c([nH]1)CCCC3)C([O-])=N2. The number of rotatable bonds is 3. The first-order valence-corrected chi connectivity index (χ1v) is 10.1. The lowest BCUT2D eigenvalue weighted by atomic mass is 9.98. The van der Waals surface area contributed by atoms with Gasteiger partial charge >= 0.3 is 0 Å². The van der Waals surface area contributed by atoms with Crippen LogP contribution in [0.25, 0.3) is 11.6 Å². The van der Waals surface area contributed by atoms with Gasteiger partial charge in [-0.25, -0.2) is 12.7 Å². The highest BCUT2D eigenvalue weighted by atomic mass is 32.2. The molecule has 0 saturated carbocycles. The van der Waals surface area contributed by atoms with Crippen LogP contribution < -0.4 is 5.11 Å². The molecule has 0 fully saturated rings. The Hall–Kier alpha value is -2.38. The van der Waals surface area contributed by atoms with Gasteiger partial charge in [0.1, 0.15) is 0 Å². The Morgan fingerprint density at radius 3 is 2.69 bits per heavy atom. The molecule has 0 spiro atoms. The summed E-state index contributed by atoms with van der Waals surface area (Å²) >= 11 is 0. The Morgan fingerprint density at radius 2 is 1.96 bits per heavy atom. The monoisotopic (exact) mass is 370 g/mol. The van der Waals surface area contributed by atoms with Crippen molar-refractivity contribution in [1.82, 2.24) is 9.29 Å². The van der Waals surface area contributed by atoms with Crippen LogP contribution in [-0.4, -0.2) is 37.7 Å². The maximum Gasteiger partial charge on any atom is 0.242 e. The number of aliphatic imine (C=N–C) groups is 1. The number of hydrogen-bond acceptors (Lipinski definition) is 4. The van der Waals surface area contributed by atoms with Crippen molar-refractivity contribution in [1.29, 1.82) is 0 Å². The molecule has 1 aromatic carbocycles. The average molecular weight is 370 g/mol. The maximum atomic E-state index is 12.4. The van der Waals surface area contributed by atoms with Crippen molar-refractivity contribution in [3.05, 3.63) is 46.8 Å². The number of fused-ring (bicyclic) bond motifs is 2. The molecule has 0 radical (unpaired) electrons. The van der Waals surface area contributed by atoms with Crippen LogP contribution >= 0.6 is 0 Å². The van der Waals surface area contributed by atoms with Crippen molar-refractivity contribution in [3.8, 4) is 0 Å². The van der Waals surface area contributed by atoms with E-state index in [4.69, 9.17) is 0 Å². The molecule has 0 saturated heterocycles. The first-order chi connectivity index (χ1) is 12.4. The largest absolute Gasteiger partial charge is 0.858 e. The summed E-state index contributed by atoms with van der Waals surface area (Å²) in [6.07, 6.45) is 6.21. The van der Waals surface area contributed by atoms with Crippen LogP contribution in [0.5, 0.6) is 0 Å². The maximum absolute atomic E-state index is 12.4. The molecule has 2 heterocycles. The number of aromatic nitrogens is 1. The minimum atomic E-state index is -3.57. The van der Waals surface area contributed by atoms with Gasteiger partial charge in [-0.1, -0.05) is 0 Å². The Kier molecular flexibility index (Phi) is 4.00. The lowest BCUT2D eigenvalue weighted by Gasteiger charge is -2.13. The third kappa shape index (κ3) is 2.77. The summed E-state index contributed by atoms with van der Waals surface area (Å²) in [6, 6.07) is 6.69. The number of nitrogens with one attached hydrogen (secondary N) is 1. The Labute approximate surface area is 152 Å². The average Bonchev–Trinajstić information content (AvgIpc) is 3.15. The van der Waals surface area contributed by atoms with Gasteiger partial charge in [0.15, 0.2) is 0 Å². The normalized spacial score (nSPS) is 18.1. The number of sulfonamides is 1. The summed E-state index contributed by atoms with van der Waals surface area (Å²) in [5, 5.41) is 12.4. The third-order valence-corrected chi connectivity index (χ3v) is 6.74. The fraction of sp³-hybridized carbons (Fsp3) is 0.316. The van der Waals surface area contributed by atoms with E-state index in [0.717, 1.165) is 22.8 Å². The van der Waals surface area contributed by atoms with Crippen molar-refractivity contribution in [2.45, 2.75) is 30.6 Å². The molecule has 1 N–H and O–H groups in total. The molecule has 0 unspecified atom stereocenters. The number of aryl methyl sites for hydroxylation is 2. The Balaban J connectivity index is 1.78. The van der Waals surface area contributed by atoms with E-state index in [0.29, 0.717) is 16.8 Å². The first kappa shape index (κ1) is 17.1. The molecule has 2 aromatic rings. The summed E-state index contributed by atoms with van der Waals surface area (Å²) in [5.74, 6) is -0.341. The predicted molar refractivity (Wildman–Crippen MR) is 99.7 cm³/mol. The molecule has 0 atom stereocenters. The van der Waals surface area contributed by atoms with Gasteiger partial charge in [-0.05, 0) is 73.1 Å². The Morgan fingerprint density at radius 1 is 1.19 bits per heavy atom. The fourth-order valence-electron chi connectivity index (χ4n) is 3.49. The minimum Gasteiger partial charge on any atom is -0.858 e. The fourth-order valence-corrected chi connectivity index (χ4v) is 4.41. The van der Waals surface area contributed by atoms with E-state index in [-0.39, 0.29) is 10.8 Å². The molecule has 0 amide bonds. The van der Waals surface area contributed by atoms with Gasteiger partial charge in [-0.3, -0.25) is 4.99 Å². The van der Waals surface area contributed by atoms with Crippen LogP contribution in [0.1, 0.15) is 35.4 Å². The number of benzene rings is 1. The van der Waals surface area contributed by atoms with Gasteiger partial charge in [0.2, 0.25) is 10.0 Å². The third-order valence-electron chi connectivity index (χ3n) is 4.92. The molecule has 4 rings (SSSR count). The van der Waals surface area contributed by atoms with Gasteiger partial charge in [-0.2, -0.15) is 0 Å². The standard InChI is InChI=1S/C19H21N3O3S/c1-22(2)26(24,25)14-7-8-18-15(11-14)16(19(23)21-18)10-13-9-12-5-3-4-6-17(12)20-13/h7-11,20H,3-6H2,1-2H3,(H,21,23)/p-1/b16-10+. The zero-order valence-electron chi connectivity index (χ0n) is 14.7. The number of hydrogen-bond donors (Lipinski definition) is 1. The quantitative estimate of drug-likeness (QED) is 0.897. The molecule has 1 aliphatic heterocycles. The van der Waals surface area contributed by atoms with Crippen molar-refractivity contribution in [3.63, 3.8) is 0 Å². The molecule has 0 bridgehead atoms. The summed E-state index contributed by atoms with van der Waals surface area (Å²) in [4.78, 5) is 7.58. The molecule has 2 aliphatic rings. The number of nitrogens with zero attached hydrogens (tertiary/aromatic N) is 2. The van der Waals surface area contributed by atoms with Crippen LogP contribution in [0.2, 0.25) is 0 Å². The molecule has 26 heavy (non-hydrogen) atoms. The summed E-state index contributed by atoms with van der Waals surface area (Å²) in [5.41, 5.74) is 4.89. The van der Waals surface area contributed by atoms with E-state index < -0.39 is 10.0 Å². The Bertz CT molecular complexity index is 1020. The van der Waals surface area contributed by atoms with E-state index in [1.54, 1.807) is 12.1 Å². The van der Waals surface area contributed by atoms with Crippen molar-refractivity contribution in [2.75, 3.05) is 14.1 Å². The summed E-state index contributed by atoms with van der Waals surface area (Å²) in [6.45, 7) is 0. The molecule has 6 nitrogen and oxygen atoms in total. The van der Waals surface area contributed by atoms with Crippen LogP contribution in [0.3, 0.4) is 0 Å². The van der Waals surface area contributed by atoms with Gasteiger partial charge in [0.05, 0.1) is 10.6 Å². The predicted octanol–water partition coefficient (Wildman–Crippen LogP) is 2.09. The van der Waals surface area contributed by atoms with Gasteiger partial charge < -0.3 is 10.1 Å². The lowest BCUT2D eigenvalue weighted by Crippen LogP contribution is -2.22. The van der Waals surface area contributed by atoms with Crippen molar-refractivity contribution >= 4 is 33.3 Å². The second-order valence-electron chi connectivity index (χ2n) is 6.88. The van der Waals surface area contributed by atoms with Gasteiger partial charge in [-0.15, -0.1) is 0 Å². The second kappa shape index (κ2) is 6.10. The van der Waals surface area contributed by atoms with E-state index in [2.05, 4.69) is 16.0 Å². The van der Waals surface area contributed by atoms with Gasteiger partial charge in [0, 0.05) is 31.0 Å². The highest BCUT2D eigenvalue weighted by molar-refractivity contribution is 7.89. The van der Waals surface area contributed by atoms with E-state index in [9.17, 15) is 13.5 Å². The zero-order chi connectivity index (χ0) is 18.5. The van der Waals surface area contributed by atoms with Gasteiger partial charge in [0.25, 0.3) is 0 Å². The minimum absolute atomic E-state index is 0.155. The van der Waals surface area contributed by atoms with Crippen LogP contribution in [0.4, 0.5) is 5.69 Å². The molecule has 7 heteroatoms. The van der Waals surface area contributed by atoms with Crippen LogP contribution in [-0.2, 0) is 22.9 Å². The van der Waals surface area contributed by atoms with Crippen molar-refractivity contribution in [2.24, 2.45) is 4.99 Å². The number of H-pyrrole nitrogens is 1. The zero-order valence-corrected chi connectivity index (χ0v) is 15.6. The first-order valence-electron chi connectivity index (χ1n) is 8.62. The molecular weight excluding hydrogens is 350 g/mol. The smallest absolute Gasteiger partial charge is 0.242 e. The van der Waals surface area contributed by atoms with Crippen LogP contribution in [0, 0.1) is 0 Å². The summed E-state index contributed by atoms with van der Waals surface area (Å²) in [7, 11) is -0.600. The topological polar surface area (TPSA) is 88.6 Å². The second-order valence-corrected chi connectivity index (χ2v) is 9.03. The summed E-state index contributed by atoms with van der Waals surface area (Å²) < 4.78 is 25.9. The highest BCUT2D eigenvalue weighted by Crippen LogP contribution is 2.36.